The van der Waals surface area contributed by atoms with Crippen LogP contribution < -0.4 is 15.5 Å². The Morgan fingerprint density at radius 3 is 2.60 bits per heavy atom. The standard InChI is InChI=1S/C18H18BrN3O3/c1-12(14-5-3-7-16(9-14)20-13(2)23)21-22-18(24)11-25-17-8-4-6-15(19)10-17/h3-10H,11H2,1-2H3,(H,20,23)(H,22,24)/b21-12-. The molecule has 0 bridgehead atoms. The summed E-state index contributed by atoms with van der Waals surface area (Å²) in [5.74, 6) is 0.0790. The normalized spacial score (nSPS) is 10.9. The fourth-order valence-corrected chi connectivity index (χ4v) is 2.35. The lowest BCUT2D eigenvalue weighted by molar-refractivity contribution is -0.123. The average molecular weight is 404 g/mol. The van der Waals surface area contributed by atoms with Crippen LogP contribution >= 0.6 is 15.9 Å². The summed E-state index contributed by atoms with van der Waals surface area (Å²) >= 11 is 3.34. The Balaban J connectivity index is 1.91. The highest BCUT2D eigenvalue weighted by Crippen LogP contribution is 2.17. The lowest BCUT2D eigenvalue weighted by Gasteiger charge is -2.07. The number of nitrogens with zero attached hydrogens (tertiary/aromatic N) is 1. The number of hydrogen-bond donors (Lipinski definition) is 2. The van der Waals surface area contributed by atoms with Crippen LogP contribution in [0.2, 0.25) is 0 Å². The third-order valence-electron chi connectivity index (χ3n) is 3.12. The SMILES string of the molecule is CC(=O)Nc1cccc(/C(C)=N\NC(=O)COc2cccc(Br)c2)c1. The van der Waals surface area contributed by atoms with Crippen molar-refractivity contribution >= 4 is 39.1 Å². The van der Waals surface area contributed by atoms with Gasteiger partial charge in [-0.05, 0) is 42.8 Å². The molecule has 0 spiro atoms. The first-order valence-electron chi connectivity index (χ1n) is 7.53. The zero-order chi connectivity index (χ0) is 18.2. The number of amides is 2. The van der Waals surface area contributed by atoms with Crippen molar-refractivity contribution in [2.45, 2.75) is 13.8 Å². The fraction of sp³-hybridized carbons (Fsp3) is 0.167. The van der Waals surface area contributed by atoms with Crippen LogP contribution in [0.15, 0.2) is 58.1 Å². The molecule has 7 heteroatoms. The molecule has 2 rings (SSSR count). The molecule has 0 aliphatic heterocycles. The first-order chi connectivity index (χ1) is 11.9. The van der Waals surface area contributed by atoms with Gasteiger partial charge in [-0.25, -0.2) is 5.43 Å². The predicted octanol–water partition coefficient (Wildman–Crippen LogP) is 3.33. The predicted molar refractivity (Wildman–Crippen MR) is 101 cm³/mol. The maximum atomic E-state index is 11.8. The van der Waals surface area contributed by atoms with Crippen LogP contribution in [0.3, 0.4) is 0 Å². The maximum Gasteiger partial charge on any atom is 0.277 e. The van der Waals surface area contributed by atoms with Crippen LogP contribution in [0.25, 0.3) is 0 Å². The van der Waals surface area contributed by atoms with E-state index in [0.717, 1.165) is 10.0 Å². The maximum absolute atomic E-state index is 11.8. The molecule has 2 N–H and O–H groups in total. The van der Waals surface area contributed by atoms with Crippen LogP contribution in [0.4, 0.5) is 5.69 Å². The molecule has 2 amide bonds. The Bertz CT molecular complexity index is 806. The molecule has 0 radical (unpaired) electrons. The Hall–Kier alpha value is -2.67. The minimum absolute atomic E-state index is 0.140. The third-order valence-corrected chi connectivity index (χ3v) is 3.61. The van der Waals surface area contributed by atoms with Crippen molar-refractivity contribution in [1.29, 1.82) is 0 Å². The molecule has 25 heavy (non-hydrogen) atoms. The molecule has 130 valence electrons. The highest BCUT2D eigenvalue weighted by molar-refractivity contribution is 9.10. The van der Waals surface area contributed by atoms with Crippen LogP contribution in [-0.4, -0.2) is 24.1 Å². The topological polar surface area (TPSA) is 79.8 Å². The minimum Gasteiger partial charge on any atom is -0.484 e. The van der Waals surface area contributed by atoms with Crippen molar-refractivity contribution in [2.75, 3.05) is 11.9 Å². The summed E-state index contributed by atoms with van der Waals surface area (Å²) in [4.78, 5) is 22.9. The molecule has 0 fully saturated rings. The number of rotatable bonds is 6. The van der Waals surface area contributed by atoms with Crippen molar-refractivity contribution < 1.29 is 14.3 Å². The Morgan fingerprint density at radius 2 is 1.88 bits per heavy atom. The third kappa shape index (κ3) is 6.39. The lowest BCUT2D eigenvalue weighted by Crippen LogP contribution is -2.25. The minimum atomic E-state index is -0.364. The molecule has 0 saturated heterocycles. The smallest absolute Gasteiger partial charge is 0.277 e. The molecular formula is C18H18BrN3O3. The lowest BCUT2D eigenvalue weighted by atomic mass is 10.1. The molecule has 6 nitrogen and oxygen atoms in total. The number of carbonyl (C=O) groups is 2. The summed E-state index contributed by atoms with van der Waals surface area (Å²) in [6.45, 7) is 3.07. The quantitative estimate of drug-likeness (QED) is 0.573. The summed E-state index contributed by atoms with van der Waals surface area (Å²) < 4.78 is 6.26. The first-order valence-corrected chi connectivity index (χ1v) is 8.33. The summed E-state index contributed by atoms with van der Waals surface area (Å²) in [5, 5.41) is 6.76. The van der Waals surface area contributed by atoms with Crippen LogP contribution in [-0.2, 0) is 9.59 Å². The highest BCUT2D eigenvalue weighted by Gasteiger charge is 2.04. The van der Waals surface area contributed by atoms with Gasteiger partial charge in [0, 0.05) is 17.1 Å². The number of nitrogens with one attached hydrogen (secondary N) is 2. The zero-order valence-electron chi connectivity index (χ0n) is 13.9. The summed E-state index contributed by atoms with van der Waals surface area (Å²) in [6.07, 6.45) is 0. The number of hydrazone groups is 1. The molecule has 0 unspecified atom stereocenters. The van der Waals surface area contributed by atoms with Gasteiger partial charge in [-0.2, -0.15) is 5.10 Å². The Morgan fingerprint density at radius 1 is 1.12 bits per heavy atom. The van der Waals surface area contributed by atoms with E-state index in [4.69, 9.17) is 4.74 Å². The second-order valence-corrected chi connectivity index (χ2v) is 6.16. The van der Waals surface area contributed by atoms with Gasteiger partial charge in [0.2, 0.25) is 5.91 Å². The number of ether oxygens (including phenoxy) is 1. The van der Waals surface area contributed by atoms with Gasteiger partial charge in [0.15, 0.2) is 6.61 Å². The molecule has 2 aromatic rings. The molecule has 0 aliphatic carbocycles. The van der Waals surface area contributed by atoms with Crippen molar-refractivity contribution in [3.8, 4) is 5.75 Å². The molecule has 0 aromatic heterocycles. The largest absolute Gasteiger partial charge is 0.484 e. The molecule has 0 saturated carbocycles. The second-order valence-electron chi connectivity index (χ2n) is 5.24. The highest BCUT2D eigenvalue weighted by atomic mass is 79.9. The van der Waals surface area contributed by atoms with Gasteiger partial charge in [-0.15, -0.1) is 0 Å². The van der Waals surface area contributed by atoms with E-state index in [0.29, 0.717) is 17.1 Å². The number of halogens is 1. The summed E-state index contributed by atoms with van der Waals surface area (Å²) in [6, 6.07) is 14.4. The van der Waals surface area contributed by atoms with E-state index in [-0.39, 0.29) is 18.4 Å². The Kier molecular flexibility index (Phi) is 6.71. The van der Waals surface area contributed by atoms with Gasteiger partial charge in [-0.1, -0.05) is 34.1 Å². The molecule has 2 aromatic carbocycles. The monoisotopic (exact) mass is 403 g/mol. The van der Waals surface area contributed by atoms with Crippen molar-refractivity contribution in [1.82, 2.24) is 5.43 Å². The molecular weight excluding hydrogens is 386 g/mol. The van der Waals surface area contributed by atoms with Gasteiger partial charge in [0.05, 0.1) is 5.71 Å². The number of anilines is 1. The van der Waals surface area contributed by atoms with Crippen LogP contribution in [0, 0.1) is 0 Å². The van der Waals surface area contributed by atoms with Gasteiger partial charge in [0.1, 0.15) is 5.75 Å². The first kappa shape index (κ1) is 18.7. The number of hydrogen-bond acceptors (Lipinski definition) is 4. The van der Waals surface area contributed by atoms with E-state index < -0.39 is 0 Å². The second kappa shape index (κ2) is 8.98. The number of benzene rings is 2. The molecule has 0 aliphatic rings. The van der Waals surface area contributed by atoms with E-state index >= 15 is 0 Å². The van der Waals surface area contributed by atoms with Crippen LogP contribution in [0.5, 0.6) is 5.75 Å². The van der Waals surface area contributed by atoms with E-state index in [1.165, 1.54) is 6.92 Å². The van der Waals surface area contributed by atoms with Gasteiger partial charge in [-0.3, -0.25) is 9.59 Å². The van der Waals surface area contributed by atoms with Crippen LogP contribution in [0.1, 0.15) is 19.4 Å². The van der Waals surface area contributed by atoms with Crippen molar-refractivity contribution in [3.63, 3.8) is 0 Å². The molecule has 0 atom stereocenters. The van der Waals surface area contributed by atoms with Crippen molar-refractivity contribution in [2.24, 2.45) is 5.10 Å². The van der Waals surface area contributed by atoms with Crippen molar-refractivity contribution in [3.05, 3.63) is 58.6 Å². The molecule has 0 heterocycles. The summed E-state index contributed by atoms with van der Waals surface area (Å²) in [7, 11) is 0. The Labute approximate surface area is 154 Å². The fourth-order valence-electron chi connectivity index (χ4n) is 1.97. The van der Waals surface area contributed by atoms with E-state index in [9.17, 15) is 9.59 Å². The average Bonchev–Trinajstić information content (AvgIpc) is 2.57. The van der Waals surface area contributed by atoms with Gasteiger partial charge < -0.3 is 10.1 Å². The van der Waals surface area contributed by atoms with Gasteiger partial charge >= 0.3 is 0 Å². The van der Waals surface area contributed by atoms with Gasteiger partial charge in [0.25, 0.3) is 5.91 Å². The van der Waals surface area contributed by atoms with E-state index in [1.54, 1.807) is 37.3 Å². The van der Waals surface area contributed by atoms with E-state index in [1.807, 2.05) is 18.2 Å². The zero-order valence-corrected chi connectivity index (χ0v) is 15.5. The number of carbonyl (C=O) groups excluding carboxylic acids is 2. The van der Waals surface area contributed by atoms with E-state index in [2.05, 4.69) is 31.8 Å². The summed E-state index contributed by atoms with van der Waals surface area (Å²) in [5.41, 5.74) is 4.53.